The van der Waals surface area contributed by atoms with Crippen molar-refractivity contribution < 1.29 is 0 Å². The SMILES string of the molecule is CCNC[C@](C)(CS)CC[C@](C)(CS)NCC. The van der Waals surface area contributed by atoms with Crippen molar-refractivity contribution >= 4 is 25.3 Å². The van der Waals surface area contributed by atoms with E-state index in [1.54, 1.807) is 0 Å². The van der Waals surface area contributed by atoms with Gasteiger partial charge in [0, 0.05) is 17.8 Å². The van der Waals surface area contributed by atoms with Crippen molar-refractivity contribution in [2.75, 3.05) is 31.1 Å². The molecule has 0 aromatic heterocycles. The summed E-state index contributed by atoms with van der Waals surface area (Å²) >= 11 is 8.97. The molecule has 0 bridgehead atoms. The van der Waals surface area contributed by atoms with Crippen molar-refractivity contribution in [2.24, 2.45) is 5.41 Å². The van der Waals surface area contributed by atoms with Gasteiger partial charge in [-0.1, -0.05) is 20.8 Å². The molecule has 0 aromatic carbocycles. The Labute approximate surface area is 119 Å². The van der Waals surface area contributed by atoms with Gasteiger partial charge in [-0.2, -0.15) is 25.3 Å². The van der Waals surface area contributed by atoms with E-state index in [-0.39, 0.29) is 11.0 Å². The molecule has 0 aromatic rings. The molecule has 0 amide bonds. The smallest absolute Gasteiger partial charge is 0.0241 e. The van der Waals surface area contributed by atoms with Gasteiger partial charge in [-0.3, -0.25) is 0 Å². The van der Waals surface area contributed by atoms with E-state index >= 15 is 0 Å². The molecule has 0 heterocycles. The first kappa shape index (κ1) is 17.6. The van der Waals surface area contributed by atoms with Crippen LogP contribution in [0.2, 0.25) is 0 Å². The summed E-state index contributed by atoms with van der Waals surface area (Å²) in [6.45, 7) is 11.9. The third-order valence-corrected chi connectivity index (χ3v) is 4.88. The zero-order valence-corrected chi connectivity index (χ0v) is 13.6. The normalized spacial score (nSPS) is 18.7. The van der Waals surface area contributed by atoms with Gasteiger partial charge in [0.25, 0.3) is 0 Å². The first-order chi connectivity index (χ1) is 7.95. The van der Waals surface area contributed by atoms with E-state index in [4.69, 9.17) is 0 Å². The van der Waals surface area contributed by atoms with E-state index in [1.807, 2.05) is 0 Å². The second-order valence-electron chi connectivity index (χ2n) is 5.50. The van der Waals surface area contributed by atoms with Crippen molar-refractivity contribution in [3.8, 4) is 0 Å². The highest BCUT2D eigenvalue weighted by Crippen LogP contribution is 2.28. The van der Waals surface area contributed by atoms with Gasteiger partial charge in [-0.05, 0) is 44.0 Å². The molecular formula is C13H30N2S2. The molecule has 0 unspecified atom stereocenters. The number of rotatable bonds is 10. The van der Waals surface area contributed by atoms with Gasteiger partial charge in [0.1, 0.15) is 0 Å². The minimum absolute atomic E-state index is 0.147. The Morgan fingerprint density at radius 1 is 0.941 bits per heavy atom. The lowest BCUT2D eigenvalue weighted by molar-refractivity contribution is 0.263. The number of hydrogen-bond donors (Lipinski definition) is 4. The summed E-state index contributed by atoms with van der Waals surface area (Å²) in [6.07, 6.45) is 2.32. The van der Waals surface area contributed by atoms with Crippen molar-refractivity contribution in [2.45, 2.75) is 46.1 Å². The molecule has 0 aliphatic carbocycles. The highest BCUT2D eigenvalue weighted by atomic mass is 32.1. The van der Waals surface area contributed by atoms with Crippen molar-refractivity contribution in [3.05, 3.63) is 0 Å². The van der Waals surface area contributed by atoms with Crippen LogP contribution in [0.4, 0.5) is 0 Å². The summed E-state index contributed by atoms with van der Waals surface area (Å²) in [6, 6.07) is 0. The van der Waals surface area contributed by atoms with Crippen LogP contribution >= 0.6 is 25.3 Å². The zero-order chi connectivity index (χ0) is 13.4. The minimum Gasteiger partial charge on any atom is -0.316 e. The lowest BCUT2D eigenvalue weighted by Gasteiger charge is -2.35. The average molecular weight is 279 g/mol. The van der Waals surface area contributed by atoms with Gasteiger partial charge in [0.05, 0.1) is 0 Å². The molecule has 0 rings (SSSR count). The van der Waals surface area contributed by atoms with E-state index in [1.165, 1.54) is 6.42 Å². The second-order valence-corrected chi connectivity index (χ2v) is 6.13. The molecule has 0 spiro atoms. The first-order valence-electron chi connectivity index (χ1n) is 6.63. The summed E-state index contributed by atoms with van der Waals surface area (Å²) in [5, 5.41) is 6.98. The van der Waals surface area contributed by atoms with Gasteiger partial charge in [0.15, 0.2) is 0 Å². The van der Waals surface area contributed by atoms with Crippen LogP contribution in [0, 0.1) is 5.41 Å². The third kappa shape index (κ3) is 6.94. The zero-order valence-electron chi connectivity index (χ0n) is 11.8. The molecule has 2 atom stereocenters. The Kier molecular flexibility index (Phi) is 8.99. The molecule has 2 N–H and O–H groups in total. The Morgan fingerprint density at radius 2 is 1.59 bits per heavy atom. The quantitative estimate of drug-likeness (QED) is 0.462. The minimum atomic E-state index is 0.147. The maximum absolute atomic E-state index is 4.51. The van der Waals surface area contributed by atoms with Crippen LogP contribution in [-0.4, -0.2) is 36.7 Å². The molecule has 2 nitrogen and oxygen atoms in total. The number of nitrogens with one attached hydrogen (secondary N) is 2. The van der Waals surface area contributed by atoms with Crippen LogP contribution in [-0.2, 0) is 0 Å². The second kappa shape index (κ2) is 8.68. The molecule has 0 aliphatic rings. The van der Waals surface area contributed by atoms with Gasteiger partial charge in [-0.25, -0.2) is 0 Å². The van der Waals surface area contributed by atoms with Crippen LogP contribution in [0.25, 0.3) is 0 Å². The Bertz CT molecular complexity index is 202. The fourth-order valence-corrected chi connectivity index (χ4v) is 2.42. The predicted molar refractivity (Wildman–Crippen MR) is 85.7 cm³/mol. The molecule has 104 valence electrons. The molecule has 17 heavy (non-hydrogen) atoms. The largest absolute Gasteiger partial charge is 0.316 e. The maximum atomic E-state index is 4.51. The van der Waals surface area contributed by atoms with E-state index < -0.39 is 0 Å². The van der Waals surface area contributed by atoms with Crippen LogP contribution < -0.4 is 10.6 Å². The number of thiol groups is 2. The van der Waals surface area contributed by atoms with Crippen LogP contribution in [0.15, 0.2) is 0 Å². The predicted octanol–water partition coefficient (Wildman–Crippen LogP) is 2.61. The fraction of sp³-hybridized carbons (Fsp3) is 1.00. The van der Waals surface area contributed by atoms with E-state index in [0.717, 1.165) is 37.6 Å². The molecule has 0 aliphatic heterocycles. The lowest BCUT2D eigenvalue weighted by Crippen LogP contribution is -2.46. The van der Waals surface area contributed by atoms with E-state index in [9.17, 15) is 0 Å². The summed E-state index contributed by atoms with van der Waals surface area (Å²) < 4.78 is 0. The van der Waals surface area contributed by atoms with Crippen LogP contribution in [0.3, 0.4) is 0 Å². The Morgan fingerprint density at radius 3 is 2.00 bits per heavy atom. The summed E-state index contributed by atoms with van der Waals surface area (Å²) in [5.74, 6) is 1.81. The summed E-state index contributed by atoms with van der Waals surface area (Å²) in [7, 11) is 0. The van der Waals surface area contributed by atoms with E-state index in [2.05, 4.69) is 63.6 Å². The standard InChI is InChI=1S/C13H30N2S2/c1-5-14-9-12(3,10-16)7-8-13(4,11-17)15-6-2/h14-17H,5-11H2,1-4H3/t12-,13-/m1/s1. The van der Waals surface area contributed by atoms with Crippen LogP contribution in [0.1, 0.15) is 40.5 Å². The van der Waals surface area contributed by atoms with Crippen molar-refractivity contribution in [1.29, 1.82) is 0 Å². The van der Waals surface area contributed by atoms with Gasteiger partial charge in [0.2, 0.25) is 0 Å². The molecule has 0 radical (unpaired) electrons. The molecule has 0 saturated carbocycles. The van der Waals surface area contributed by atoms with Crippen molar-refractivity contribution in [1.82, 2.24) is 10.6 Å². The van der Waals surface area contributed by atoms with Crippen LogP contribution in [0.5, 0.6) is 0 Å². The van der Waals surface area contributed by atoms with E-state index in [0.29, 0.717) is 0 Å². The Balaban J connectivity index is 4.27. The summed E-state index contributed by atoms with van der Waals surface area (Å²) in [5.41, 5.74) is 0.424. The topological polar surface area (TPSA) is 24.1 Å². The third-order valence-electron chi connectivity index (χ3n) is 3.42. The molecular weight excluding hydrogens is 248 g/mol. The Hall–Kier alpha value is 0.620. The molecule has 4 heteroatoms. The van der Waals surface area contributed by atoms with Gasteiger partial charge >= 0.3 is 0 Å². The maximum Gasteiger partial charge on any atom is 0.0241 e. The molecule has 0 saturated heterocycles. The van der Waals surface area contributed by atoms with Crippen molar-refractivity contribution in [3.63, 3.8) is 0 Å². The van der Waals surface area contributed by atoms with Gasteiger partial charge in [-0.15, -0.1) is 0 Å². The average Bonchev–Trinajstić information content (AvgIpc) is 2.34. The highest BCUT2D eigenvalue weighted by Gasteiger charge is 2.28. The molecule has 0 fully saturated rings. The lowest BCUT2D eigenvalue weighted by atomic mass is 9.82. The fourth-order valence-electron chi connectivity index (χ4n) is 1.88. The summed E-state index contributed by atoms with van der Waals surface area (Å²) in [4.78, 5) is 0. The highest BCUT2D eigenvalue weighted by molar-refractivity contribution is 7.80. The monoisotopic (exact) mass is 278 g/mol. The first-order valence-corrected chi connectivity index (χ1v) is 7.89. The van der Waals surface area contributed by atoms with Gasteiger partial charge < -0.3 is 10.6 Å². The number of hydrogen-bond acceptors (Lipinski definition) is 4.